The molecule has 0 spiro atoms. The molecule has 172 valence electrons. The first kappa shape index (κ1) is 21.3. The number of hydrogen-bond donors (Lipinski definition) is 0. The van der Waals surface area contributed by atoms with Crippen molar-refractivity contribution in [2.24, 2.45) is 0 Å². The van der Waals surface area contributed by atoms with E-state index in [4.69, 9.17) is 8.83 Å². The molecule has 6 aromatic rings. The van der Waals surface area contributed by atoms with Gasteiger partial charge >= 0.3 is 0 Å². The topological polar surface area (TPSA) is 26.3 Å². The van der Waals surface area contributed by atoms with E-state index in [1.54, 1.807) is 6.26 Å². The maximum absolute atomic E-state index is 6.41. The Morgan fingerprint density at radius 3 is 1.82 bits per heavy atom. The quantitative estimate of drug-likeness (QED) is 0.162. The number of hydrogen-bond acceptors (Lipinski definition) is 2. The van der Waals surface area contributed by atoms with E-state index >= 15 is 0 Å². The lowest BCUT2D eigenvalue weighted by molar-refractivity contribution is 0.519. The minimum absolute atomic E-state index is 0.964. The molecule has 2 nitrogen and oxygen atoms in total. The average molecular weight is 449 g/mol. The highest BCUT2D eigenvalue weighted by Crippen LogP contribution is 2.37. The molecule has 0 aliphatic heterocycles. The van der Waals surface area contributed by atoms with Crippen LogP contribution < -0.4 is 0 Å². The van der Waals surface area contributed by atoms with Gasteiger partial charge < -0.3 is 8.83 Å². The van der Waals surface area contributed by atoms with Crippen LogP contribution >= 0.6 is 0 Å². The Hall–Kier alpha value is -3.26. The molecule has 34 heavy (non-hydrogen) atoms. The molecule has 0 amide bonds. The van der Waals surface area contributed by atoms with Crippen molar-refractivity contribution in [3.8, 4) is 0 Å². The lowest BCUT2D eigenvalue weighted by atomic mass is 9.95. The molecule has 0 saturated carbocycles. The lowest BCUT2D eigenvalue weighted by Gasteiger charge is -2.08. The van der Waals surface area contributed by atoms with Gasteiger partial charge in [0.25, 0.3) is 0 Å². The van der Waals surface area contributed by atoms with Crippen LogP contribution in [-0.2, 0) is 6.42 Å². The molecule has 0 fully saturated rings. The number of unbranched alkanes of at least 4 members (excludes halogenated alkanes) is 7. The predicted molar refractivity (Wildman–Crippen MR) is 145 cm³/mol. The van der Waals surface area contributed by atoms with Gasteiger partial charge in [-0.15, -0.1) is 0 Å². The van der Waals surface area contributed by atoms with Crippen LogP contribution in [0.4, 0.5) is 0 Å². The molecule has 0 radical (unpaired) electrons. The third-order valence-corrected chi connectivity index (χ3v) is 7.42. The molecule has 0 N–H and O–H groups in total. The second kappa shape index (κ2) is 9.18. The van der Waals surface area contributed by atoms with Gasteiger partial charge in [0.1, 0.15) is 16.9 Å². The summed E-state index contributed by atoms with van der Waals surface area (Å²) < 4.78 is 12.2. The summed E-state index contributed by atoms with van der Waals surface area (Å²) in [5.41, 5.74) is 1.99. The largest absolute Gasteiger partial charge is 0.464 e. The van der Waals surface area contributed by atoms with Gasteiger partial charge in [0.2, 0.25) is 0 Å². The van der Waals surface area contributed by atoms with Crippen molar-refractivity contribution < 1.29 is 8.83 Å². The molecule has 6 rings (SSSR count). The van der Waals surface area contributed by atoms with E-state index in [-0.39, 0.29) is 0 Å². The summed E-state index contributed by atoms with van der Waals surface area (Å²) in [4.78, 5) is 0. The van der Waals surface area contributed by atoms with Crippen molar-refractivity contribution >= 4 is 54.3 Å². The molecule has 0 unspecified atom stereocenters. The number of fused-ring (bicyclic) bond motifs is 9. The normalized spacial score (nSPS) is 12.1. The van der Waals surface area contributed by atoms with Crippen LogP contribution in [0.25, 0.3) is 54.3 Å². The smallest absolute Gasteiger partial charge is 0.142 e. The van der Waals surface area contributed by atoms with E-state index in [2.05, 4.69) is 61.5 Å². The van der Waals surface area contributed by atoms with Crippen molar-refractivity contribution in [2.75, 3.05) is 0 Å². The SMILES string of the molecule is CCCCCCCCCCc1cc2ccc3c4ccc5c(ccc6ccoc65)c4ccc3c2o1. The van der Waals surface area contributed by atoms with Gasteiger partial charge in [0.15, 0.2) is 0 Å². The molecule has 0 atom stereocenters. The van der Waals surface area contributed by atoms with Crippen LogP contribution in [0.15, 0.2) is 75.8 Å². The van der Waals surface area contributed by atoms with Gasteiger partial charge in [-0.05, 0) is 52.2 Å². The van der Waals surface area contributed by atoms with Crippen LogP contribution in [0.1, 0.15) is 64.1 Å². The highest BCUT2D eigenvalue weighted by atomic mass is 16.3. The Morgan fingerprint density at radius 1 is 0.529 bits per heavy atom. The predicted octanol–water partition coefficient (Wildman–Crippen LogP) is 10.3. The van der Waals surface area contributed by atoms with Crippen LogP contribution in [0, 0.1) is 0 Å². The third kappa shape index (κ3) is 3.76. The van der Waals surface area contributed by atoms with E-state index in [0.29, 0.717) is 0 Å². The van der Waals surface area contributed by atoms with Gasteiger partial charge in [-0.1, -0.05) is 88.3 Å². The molecule has 0 aliphatic rings. The first-order valence-electron chi connectivity index (χ1n) is 13.0. The Labute approximate surface area is 200 Å². The third-order valence-electron chi connectivity index (χ3n) is 7.42. The second-order valence-electron chi connectivity index (χ2n) is 9.74. The summed E-state index contributed by atoms with van der Waals surface area (Å²) in [5, 5.41) is 9.73. The van der Waals surface area contributed by atoms with Crippen molar-refractivity contribution in [1.29, 1.82) is 0 Å². The maximum Gasteiger partial charge on any atom is 0.142 e. The van der Waals surface area contributed by atoms with Crippen molar-refractivity contribution in [2.45, 2.75) is 64.7 Å². The van der Waals surface area contributed by atoms with Crippen LogP contribution in [-0.4, -0.2) is 0 Å². The zero-order chi connectivity index (χ0) is 22.9. The number of furan rings is 2. The van der Waals surface area contributed by atoms with Crippen LogP contribution in [0.5, 0.6) is 0 Å². The zero-order valence-electron chi connectivity index (χ0n) is 20.0. The first-order chi connectivity index (χ1) is 16.8. The molecule has 4 aromatic carbocycles. The number of aryl methyl sites for hydroxylation is 1. The standard InChI is InChI=1S/C32H32O2/c1-2-3-4-5-6-7-8-9-10-24-21-23-12-14-28-26-15-17-29-27(13-11-22-19-20-33-31(22)29)25(26)16-18-30(28)32(23)34-24/h11-21H,2-10H2,1H3. The van der Waals surface area contributed by atoms with E-state index in [1.807, 2.05) is 6.07 Å². The first-order valence-corrected chi connectivity index (χ1v) is 13.0. The van der Waals surface area contributed by atoms with Crippen LogP contribution in [0.2, 0.25) is 0 Å². The summed E-state index contributed by atoms with van der Waals surface area (Å²) >= 11 is 0. The van der Waals surface area contributed by atoms with Crippen molar-refractivity contribution in [1.82, 2.24) is 0 Å². The average Bonchev–Trinajstić information content (AvgIpc) is 3.52. The van der Waals surface area contributed by atoms with Gasteiger partial charge in [0, 0.05) is 28.0 Å². The van der Waals surface area contributed by atoms with E-state index < -0.39 is 0 Å². The monoisotopic (exact) mass is 448 g/mol. The summed E-state index contributed by atoms with van der Waals surface area (Å²) in [6.45, 7) is 2.28. The highest BCUT2D eigenvalue weighted by Gasteiger charge is 2.12. The molecule has 0 aliphatic carbocycles. The fraction of sp³-hybridized carbons (Fsp3) is 0.312. The second-order valence-corrected chi connectivity index (χ2v) is 9.74. The minimum Gasteiger partial charge on any atom is -0.464 e. The fourth-order valence-electron chi connectivity index (χ4n) is 5.57. The van der Waals surface area contributed by atoms with E-state index in [0.717, 1.165) is 28.7 Å². The Bertz CT molecular complexity index is 1600. The molecular formula is C32H32O2. The van der Waals surface area contributed by atoms with Gasteiger partial charge in [-0.2, -0.15) is 0 Å². The number of benzene rings is 4. The lowest BCUT2D eigenvalue weighted by Crippen LogP contribution is -1.84. The Kier molecular flexibility index (Phi) is 5.74. The zero-order valence-corrected chi connectivity index (χ0v) is 20.0. The van der Waals surface area contributed by atoms with Gasteiger partial charge in [0.05, 0.1) is 6.26 Å². The maximum atomic E-state index is 6.41. The molecule has 0 bridgehead atoms. The highest BCUT2D eigenvalue weighted by molar-refractivity contribution is 6.23. The van der Waals surface area contributed by atoms with Crippen LogP contribution in [0.3, 0.4) is 0 Å². The number of rotatable bonds is 9. The summed E-state index contributed by atoms with van der Waals surface area (Å²) in [7, 11) is 0. The molecular weight excluding hydrogens is 416 g/mol. The van der Waals surface area contributed by atoms with Crippen molar-refractivity contribution in [3.05, 3.63) is 72.7 Å². The van der Waals surface area contributed by atoms with E-state index in [9.17, 15) is 0 Å². The van der Waals surface area contributed by atoms with Crippen molar-refractivity contribution in [3.63, 3.8) is 0 Å². The minimum atomic E-state index is 0.964. The summed E-state index contributed by atoms with van der Waals surface area (Å²) in [5.74, 6) is 1.12. The molecule has 2 heterocycles. The summed E-state index contributed by atoms with van der Waals surface area (Å²) in [6, 6.07) is 22.0. The Balaban J connectivity index is 1.28. The fourth-order valence-corrected chi connectivity index (χ4v) is 5.57. The van der Waals surface area contributed by atoms with E-state index in [1.165, 1.54) is 89.1 Å². The Morgan fingerprint density at radius 2 is 1.09 bits per heavy atom. The summed E-state index contributed by atoms with van der Waals surface area (Å²) in [6.07, 6.45) is 13.5. The van der Waals surface area contributed by atoms with Gasteiger partial charge in [-0.25, -0.2) is 0 Å². The molecule has 0 saturated heterocycles. The molecule has 2 aromatic heterocycles. The van der Waals surface area contributed by atoms with Gasteiger partial charge in [-0.3, -0.25) is 0 Å². The molecule has 2 heteroatoms.